The lowest BCUT2D eigenvalue weighted by Gasteiger charge is -2.21. The Labute approximate surface area is 317 Å². The molecular formula is C46H83NO4. The van der Waals surface area contributed by atoms with Crippen molar-refractivity contribution in [2.24, 2.45) is 17.8 Å². The molecule has 5 nitrogen and oxygen atoms in total. The third-order valence-corrected chi connectivity index (χ3v) is 10.6. The van der Waals surface area contributed by atoms with Crippen LogP contribution in [0.3, 0.4) is 0 Å². The van der Waals surface area contributed by atoms with Gasteiger partial charge >= 0.3 is 11.9 Å². The molecule has 0 aromatic carbocycles. The maximum atomic E-state index is 12.3. The zero-order chi connectivity index (χ0) is 37.6. The fraction of sp³-hybridized carbons (Fsp3) is 0.848. The topological polar surface area (TPSA) is 55.8 Å². The Morgan fingerprint density at radius 2 is 1.10 bits per heavy atom. The van der Waals surface area contributed by atoms with Gasteiger partial charge in [0.15, 0.2) is 0 Å². The largest absolute Gasteiger partial charge is 0.466 e. The van der Waals surface area contributed by atoms with Crippen molar-refractivity contribution in [3.8, 4) is 0 Å². The summed E-state index contributed by atoms with van der Waals surface area (Å²) in [7, 11) is 0. The minimum Gasteiger partial charge on any atom is -0.466 e. The van der Waals surface area contributed by atoms with Gasteiger partial charge in [-0.05, 0) is 101 Å². The van der Waals surface area contributed by atoms with Crippen LogP contribution in [0, 0.1) is 17.8 Å². The summed E-state index contributed by atoms with van der Waals surface area (Å²) in [6, 6.07) is 0. The first-order valence-electron chi connectivity index (χ1n) is 21.8. The first-order valence-corrected chi connectivity index (χ1v) is 21.8. The predicted molar refractivity (Wildman–Crippen MR) is 218 cm³/mol. The number of hydrogen-bond acceptors (Lipinski definition) is 5. The highest BCUT2D eigenvalue weighted by Crippen LogP contribution is 2.24. The Morgan fingerprint density at radius 1 is 0.608 bits per heavy atom. The van der Waals surface area contributed by atoms with Gasteiger partial charge in [0, 0.05) is 12.8 Å². The molecule has 5 heteroatoms. The molecule has 51 heavy (non-hydrogen) atoms. The van der Waals surface area contributed by atoms with Crippen molar-refractivity contribution in [3.05, 3.63) is 29.8 Å². The molecular weight excluding hydrogens is 631 g/mol. The van der Waals surface area contributed by atoms with E-state index >= 15 is 0 Å². The van der Waals surface area contributed by atoms with Crippen molar-refractivity contribution in [1.82, 2.24) is 4.90 Å². The predicted octanol–water partition coefficient (Wildman–Crippen LogP) is 13.1. The summed E-state index contributed by atoms with van der Waals surface area (Å²) in [5.74, 6) is 1.76. The Kier molecular flexibility index (Phi) is 36.2. The van der Waals surface area contributed by atoms with E-state index < -0.39 is 0 Å². The van der Waals surface area contributed by atoms with Gasteiger partial charge in [-0.15, -0.1) is 0 Å². The van der Waals surface area contributed by atoms with Crippen LogP contribution in [0.25, 0.3) is 0 Å². The molecule has 0 N–H and O–H groups in total. The van der Waals surface area contributed by atoms with E-state index in [0.29, 0.717) is 37.9 Å². The Morgan fingerprint density at radius 3 is 1.65 bits per heavy atom. The van der Waals surface area contributed by atoms with Crippen LogP contribution in [0.15, 0.2) is 29.8 Å². The molecule has 0 saturated heterocycles. The van der Waals surface area contributed by atoms with Crippen molar-refractivity contribution in [2.45, 2.75) is 202 Å². The van der Waals surface area contributed by atoms with Gasteiger partial charge < -0.3 is 14.4 Å². The van der Waals surface area contributed by atoms with Crippen LogP contribution in [0.5, 0.6) is 0 Å². The maximum absolute atomic E-state index is 12.3. The molecule has 0 aliphatic heterocycles. The number of rotatable bonds is 37. The number of allylic oxidation sites excluding steroid dienone is 1. The summed E-state index contributed by atoms with van der Waals surface area (Å²) >= 11 is 0. The molecule has 0 bridgehead atoms. The summed E-state index contributed by atoms with van der Waals surface area (Å²) in [6.45, 7) is 19.4. The fourth-order valence-electron chi connectivity index (χ4n) is 6.95. The number of carbonyl (C=O) groups excluding carboxylic acids is 2. The Bertz CT molecular complexity index is 924. The van der Waals surface area contributed by atoms with E-state index in [-0.39, 0.29) is 11.9 Å². The second-order valence-electron chi connectivity index (χ2n) is 15.1. The lowest BCUT2D eigenvalue weighted by molar-refractivity contribution is -0.145. The van der Waals surface area contributed by atoms with Crippen LogP contribution >= 0.6 is 0 Å². The molecule has 0 fully saturated rings. The van der Waals surface area contributed by atoms with Gasteiger partial charge in [0.1, 0.15) is 0 Å². The van der Waals surface area contributed by atoms with E-state index in [9.17, 15) is 9.59 Å². The van der Waals surface area contributed by atoms with E-state index in [1.807, 2.05) is 6.08 Å². The zero-order valence-corrected chi connectivity index (χ0v) is 34.5. The minimum absolute atomic E-state index is 0.00900. The second kappa shape index (κ2) is 37.7. The molecule has 3 unspecified atom stereocenters. The highest BCUT2D eigenvalue weighted by atomic mass is 16.5. The first-order chi connectivity index (χ1) is 24.9. The Balaban J connectivity index is 4.22. The molecule has 0 aromatic heterocycles. The number of carbonyl (C=O) groups is 2. The van der Waals surface area contributed by atoms with Gasteiger partial charge in [0.05, 0.1) is 13.2 Å². The molecule has 0 aliphatic carbocycles. The fourth-order valence-corrected chi connectivity index (χ4v) is 6.95. The molecule has 3 atom stereocenters. The van der Waals surface area contributed by atoms with Crippen LogP contribution in [-0.4, -0.2) is 49.7 Å². The van der Waals surface area contributed by atoms with Gasteiger partial charge in [-0.25, -0.2) is 0 Å². The number of hydrogen-bond donors (Lipinski definition) is 0. The van der Waals surface area contributed by atoms with Crippen molar-refractivity contribution in [2.75, 3.05) is 32.8 Å². The monoisotopic (exact) mass is 714 g/mol. The first kappa shape index (κ1) is 49.0. The van der Waals surface area contributed by atoms with Crippen LogP contribution in [0.1, 0.15) is 202 Å². The quantitative estimate of drug-likeness (QED) is 0.0364. The summed E-state index contributed by atoms with van der Waals surface area (Å²) in [5.41, 5.74) is 8.41. The summed E-state index contributed by atoms with van der Waals surface area (Å²) in [6.07, 6.45) is 31.7. The molecule has 0 spiro atoms. The van der Waals surface area contributed by atoms with E-state index in [1.54, 1.807) is 0 Å². The molecule has 0 amide bonds. The normalized spacial score (nSPS) is 12.8. The van der Waals surface area contributed by atoms with Gasteiger partial charge in [-0.2, -0.15) is 0 Å². The SMILES string of the molecule is C=C=C=C=CC(CCCCC)CCOC(=O)CCCCCCCC(CCCCCCCC(=O)OCCC(C)CCCCC)CCCN(CC)CC. The lowest BCUT2D eigenvalue weighted by Crippen LogP contribution is -2.24. The second-order valence-corrected chi connectivity index (χ2v) is 15.1. The molecule has 0 aromatic rings. The summed E-state index contributed by atoms with van der Waals surface area (Å²) in [4.78, 5) is 27.0. The lowest BCUT2D eigenvalue weighted by atomic mass is 9.90. The van der Waals surface area contributed by atoms with Crippen LogP contribution in [0.4, 0.5) is 0 Å². The number of ether oxygens (including phenoxy) is 2. The van der Waals surface area contributed by atoms with Crippen molar-refractivity contribution in [3.63, 3.8) is 0 Å². The van der Waals surface area contributed by atoms with Gasteiger partial charge in [-0.1, -0.05) is 155 Å². The number of esters is 2. The molecule has 0 rings (SSSR count). The van der Waals surface area contributed by atoms with Crippen LogP contribution in [0.2, 0.25) is 0 Å². The minimum atomic E-state index is -0.0563. The van der Waals surface area contributed by atoms with Gasteiger partial charge in [-0.3, -0.25) is 9.59 Å². The van der Waals surface area contributed by atoms with E-state index in [4.69, 9.17) is 9.47 Å². The van der Waals surface area contributed by atoms with Crippen LogP contribution in [-0.2, 0) is 19.1 Å². The Hall–Kier alpha value is -2.02. The number of nitrogens with zero attached hydrogens (tertiary/aromatic N) is 1. The van der Waals surface area contributed by atoms with Gasteiger partial charge in [0.2, 0.25) is 0 Å². The van der Waals surface area contributed by atoms with E-state index in [2.05, 4.69) is 63.3 Å². The van der Waals surface area contributed by atoms with E-state index in [1.165, 1.54) is 116 Å². The molecule has 0 saturated carbocycles. The van der Waals surface area contributed by atoms with Crippen molar-refractivity contribution >= 4 is 11.9 Å². The molecule has 0 heterocycles. The summed E-state index contributed by atoms with van der Waals surface area (Å²) in [5, 5.41) is 0. The standard InChI is InChI=1S/C46H83NO4/c1-7-12-21-29-42(6)37-40-50-45(48)35-26-19-15-17-24-32-43(34-28-39-47(10-4)11-5)33-25-18-16-20-27-36-46(49)51-41-38-44(30-22-13-8-2)31-23-14-9-3/h30,42-44H,2,7,9-12,14-21,23-29,31-41H2,1,3-6H3. The highest BCUT2D eigenvalue weighted by Gasteiger charge is 2.12. The summed E-state index contributed by atoms with van der Waals surface area (Å²) < 4.78 is 11.1. The average Bonchev–Trinajstić information content (AvgIpc) is 3.12. The maximum Gasteiger partial charge on any atom is 0.305 e. The third-order valence-electron chi connectivity index (χ3n) is 10.6. The number of unbranched alkanes of at least 4 members (excludes halogenated alkanes) is 12. The zero-order valence-electron chi connectivity index (χ0n) is 34.5. The van der Waals surface area contributed by atoms with E-state index in [0.717, 1.165) is 64.0 Å². The molecule has 0 radical (unpaired) electrons. The van der Waals surface area contributed by atoms with Crippen molar-refractivity contribution < 1.29 is 19.1 Å². The molecule has 0 aliphatic rings. The highest BCUT2D eigenvalue weighted by molar-refractivity contribution is 5.69. The van der Waals surface area contributed by atoms with Gasteiger partial charge in [0.25, 0.3) is 0 Å². The van der Waals surface area contributed by atoms with Crippen LogP contribution < -0.4 is 0 Å². The van der Waals surface area contributed by atoms with Crippen molar-refractivity contribution in [1.29, 1.82) is 0 Å². The third kappa shape index (κ3) is 33.6. The molecule has 296 valence electrons. The average molecular weight is 714 g/mol. The smallest absolute Gasteiger partial charge is 0.305 e.